The average Bonchev–Trinajstić information content (AvgIpc) is 3.77. The number of furan rings is 2. The van der Waals surface area contributed by atoms with Gasteiger partial charge in [-0.25, -0.2) is 0 Å². The average molecular weight is 575 g/mol. The van der Waals surface area contributed by atoms with Gasteiger partial charge in [-0.05, 0) is 81.7 Å². The number of nitrogens with zero attached hydrogens (tertiary/aromatic N) is 2. The van der Waals surface area contributed by atoms with Gasteiger partial charge in [-0.2, -0.15) is 0 Å². The second-order valence-corrected chi connectivity index (χ2v) is 11.9. The number of aromatic nitrogens is 2. The quantitative estimate of drug-likeness (QED) is 0.193. The van der Waals surface area contributed by atoms with E-state index in [1.54, 1.807) is 0 Å². The maximum Gasteiger partial charge on any atom is 0.143 e. The van der Waals surface area contributed by atoms with Crippen LogP contribution in [0.25, 0.3) is 104 Å². The molecule has 208 valence electrons. The van der Waals surface area contributed by atoms with Crippen LogP contribution in [0.2, 0.25) is 0 Å². The molecule has 0 N–H and O–H groups in total. The largest absolute Gasteiger partial charge is 0.456 e. The fraction of sp³-hybridized carbons (Fsp3) is 0. The normalized spacial score (nSPS) is 12.4. The summed E-state index contributed by atoms with van der Waals surface area (Å²) in [6.45, 7) is 0. The molecule has 0 saturated heterocycles. The first-order valence-electron chi connectivity index (χ1n) is 15.2. The zero-order chi connectivity index (χ0) is 29.2. The van der Waals surface area contributed by atoms with Crippen molar-refractivity contribution >= 4 is 87.4 Å². The lowest BCUT2D eigenvalue weighted by atomic mass is 9.92. The summed E-state index contributed by atoms with van der Waals surface area (Å²) >= 11 is 0. The Bertz CT molecular complexity index is 2980. The Labute approximate surface area is 255 Å². The van der Waals surface area contributed by atoms with Gasteiger partial charge in [0.2, 0.25) is 0 Å². The van der Waals surface area contributed by atoms with Gasteiger partial charge in [0.1, 0.15) is 22.3 Å². The summed E-state index contributed by atoms with van der Waals surface area (Å²) in [4.78, 5) is 4.80. The number of fused-ring (bicyclic) bond motifs is 9. The minimum atomic E-state index is 0.876. The van der Waals surface area contributed by atoms with Crippen molar-refractivity contribution < 1.29 is 8.83 Å². The molecule has 0 aliphatic rings. The Morgan fingerprint density at radius 1 is 0.467 bits per heavy atom. The molecular formula is C41H22N2O2. The van der Waals surface area contributed by atoms with E-state index in [9.17, 15) is 0 Å². The molecule has 11 aromatic rings. The van der Waals surface area contributed by atoms with Gasteiger partial charge in [0.15, 0.2) is 0 Å². The SMILES string of the molecule is c1ccc2c(c1)oc1cc3c4ncccc4n(-c4ccc(-c5ccc6c7ccccc7c7cccc8oc5c6c87)cc4)c3cc12. The van der Waals surface area contributed by atoms with Crippen molar-refractivity contribution in [2.45, 2.75) is 0 Å². The van der Waals surface area contributed by atoms with E-state index in [2.05, 4.69) is 114 Å². The van der Waals surface area contributed by atoms with E-state index in [1.165, 1.54) is 32.3 Å². The summed E-state index contributed by atoms with van der Waals surface area (Å²) in [5.41, 5.74) is 10.1. The molecule has 0 atom stereocenters. The molecular weight excluding hydrogens is 552 g/mol. The number of hydrogen-bond donors (Lipinski definition) is 0. The van der Waals surface area contributed by atoms with Crippen LogP contribution in [-0.4, -0.2) is 9.55 Å². The Morgan fingerprint density at radius 3 is 2.09 bits per heavy atom. The molecule has 4 heteroatoms. The molecule has 0 unspecified atom stereocenters. The van der Waals surface area contributed by atoms with Crippen molar-refractivity contribution in [2.75, 3.05) is 0 Å². The minimum Gasteiger partial charge on any atom is -0.456 e. The van der Waals surface area contributed by atoms with Crippen molar-refractivity contribution in [2.24, 2.45) is 0 Å². The second-order valence-electron chi connectivity index (χ2n) is 11.9. The number of para-hydroxylation sites is 1. The van der Waals surface area contributed by atoms with Gasteiger partial charge in [0.05, 0.1) is 16.6 Å². The van der Waals surface area contributed by atoms with Gasteiger partial charge in [0, 0.05) is 44.4 Å². The van der Waals surface area contributed by atoms with Gasteiger partial charge >= 0.3 is 0 Å². The molecule has 0 amide bonds. The van der Waals surface area contributed by atoms with Crippen molar-refractivity contribution in [3.05, 3.63) is 134 Å². The molecule has 4 heterocycles. The van der Waals surface area contributed by atoms with Gasteiger partial charge in [-0.1, -0.05) is 72.8 Å². The van der Waals surface area contributed by atoms with Crippen LogP contribution in [0.15, 0.2) is 142 Å². The van der Waals surface area contributed by atoms with Crippen LogP contribution in [0, 0.1) is 0 Å². The van der Waals surface area contributed by atoms with E-state index in [1.807, 2.05) is 24.4 Å². The fourth-order valence-corrected chi connectivity index (χ4v) is 7.67. The maximum absolute atomic E-state index is 6.63. The topological polar surface area (TPSA) is 44.1 Å². The van der Waals surface area contributed by atoms with E-state index in [-0.39, 0.29) is 0 Å². The molecule has 45 heavy (non-hydrogen) atoms. The maximum atomic E-state index is 6.63. The predicted molar refractivity (Wildman–Crippen MR) is 185 cm³/mol. The molecule has 0 aliphatic carbocycles. The Balaban J connectivity index is 1.14. The highest BCUT2D eigenvalue weighted by Gasteiger charge is 2.21. The van der Waals surface area contributed by atoms with Crippen molar-refractivity contribution in [1.82, 2.24) is 9.55 Å². The third-order valence-electron chi connectivity index (χ3n) is 9.61. The van der Waals surface area contributed by atoms with Gasteiger partial charge in [0.25, 0.3) is 0 Å². The minimum absolute atomic E-state index is 0.876. The smallest absolute Gasteiger partial charge is 0.143 e. The van der Waals surface area contributed by atoms with Crippen LogP contribution in [0.3, 0.4) is 0 Å². The first-order valence-corrected chi connectivity index (χ1v) is 15.2. The third-order valence-corrected chi connectivity index (χ3v) is 9.61. The van der Waals surface area contributed by atoms with Gasteiger partial charge < -0.3 is 13.4 Å². The second kappa shape index (κ2) is 8.28. The van der Waals surface area contributed by atoms with E-state index < -0.39 is 0 Å². The molecule has 0 bridgehead atoms. The van der Waals surface area contributed by atoms with E-state index in [0.29, 0.717) is 0 Å². The summed E-state index contributed by atoms with van der Waals surface area (Å²) in [5.74, 6) is 0. The lowest BCUT2D eigenvalue weighted by Crippen LogP contribution is -1.94. The number of pyridine rings is 1. The zero-order valence-electron chi connectivity index (χ0n) is 23.9. The highest BCUT2D eigenvalue weighted by atomic mass is 16.3. The molecule has 0 saturated carbocycles. The van der Waals surface area contributed by atoms with Crippen molar-refractivity contribution in [3.8, 4) is 16.8 Å². The Hall–Kier alpha value is -6.13. The standard InChI is InChI=1S/C41H22N2O2/c1-2-8-27-26(7-1)29-10-5-13-36-38(29)39-30(27)19-18-25(41(39)45-36)23-14-16-24(17-15-23)43-33-11-6-20-42-40(33)32-22-37-31(21-34(32)43)28-9-3-4-12-35(28)44-37/h1-22H. The van der Waals surface area contributed by atoms with Crippen LogP contribution in [0.5, 0.6) is 0 Å². The summed E-state index contributed by atoms with van der Waals surface area (Å²) in [6, 6.07) is 45.1. The Morgan fingerprint density at radius 2 is 1.22 bits per heavy atom. The monoisotopic (exact) mass is 574 g/mol. The van der Waals surface area contributed by atoms with Crippen LogP contribution in [-0.2, 0) is 0 Å². The number of benzene rings is 7. The van der Waals surface area contributed by atoms with Gasteiger partial charge in [-0.15, -0.1) is 0 Å². The van der Waals surface area contributed by atoms with E-state index in [4.69, 9.17) is 13.8 Å². The highest BCUT2D eigenvalue weighted by molar-refractivity contribution is 6.34. The van der Waals surface area contributed by atoms with E-state index >= 15 is 0 Å². The summed E-state index contributed by atoms with van der Waals surface area (Å²) in [5, 5.41) is 10.7. The first kappa shape index (κ1) is 23.3. The third kappa shape index (κ3) is 2.98. The fourth-order valence-electron chi connectivity index (χ4n) is 7.67. The highest BCUT2D eigenvalue weighted by Crippen LogP contribution is 2.45. The molecule has 0 radical (unpaired) electrons. The van der Waals surface area contributed by atoms with Gasteiger partial charge in [-0.3, -0.25) is 4.98 Å². The van der Waals surface area contributed by atoms with Crippen molar-refractivity contribution in [3.63, 3.8) is 0 Å². The lowest BCUT2D eigenvalue weighted by Gasteiger charge is -2.11. The Kier molecular flexibility index (Phi) is 4.29. The molecule has 4 nitrogen and oxygen atoms in total. The summed E-state index contributed by atoms with van der Waals surface area (Å²) in [7, 11) is 0. The molecule has 0 fully saturated rings. The number of hydrogen-bond acceptors (Lipinski definition) is 3. The molecule has 4 aromatic heterocycles. The molecule has 0 aliphatic heterocycles. The number of rotatable bonds is 2. The van der Waals surface area contributed by atoms with Crippen LogP contribution < -0.4 is 0 Å². The van der Waals surface area contributed by atoms with Crippen LogP contribution in [0.4, 0.5) is 0 Å². The van der Waals surface area contributed by atoms with Crippen LogP contribution >= 0.6 is 0 Å². The molecule has 11 rings (SSSR count). The first-order chi connectivity index (χ1) is 22.3. The van der Waals surface area contributed by atoms with Crippen molar-refractivity contribution in [1.29, 1.82) is 0 Å². The predicted octanol–water partition coefficient (Wildman–Crippen LogP) is 11.4. The summed E-state index contributed by atoms with van der Waals surface area (Å²) in [6.07, 6.45) is 1.86. The zero-order valence-corrected chi connectivity index (χ0v) is 23.9. The summed E-state index contributed by atoms with van der Waals surface area (Å²) < 4.78 is 15.2. The lowest BCUT2D eigenvalue weighted by molar-refractivity contribution is 0.669. The van der Waals surface area contributed by atoms with Crippen LogP contribution in [0.1, 0.15) is 0 Å². The molecule has 7 aromatic carbocycles. The van der Waals surface area contributed by atoms with E-state index in [0.717, 1.165) is 71.9 Å². The molecule has 0 spiro atoms.